The molecule has 4 rings (SSSR count). The van der Waals surface area contributed by atoms with Crippen molar-refractivity contribution in [1.29, 1.82) is 0 Å². The van der Waals surface area contributed by atoms with Crippen LogP contribution < -0.4 is 5.32 Å². The van der Waals surface area contributed by atoms with Gasteiger partial charge in [-0.15, -0.1) is 10.2 Å². The minimum Gasteiger partial charge on any atom is -0.421 e. The van der Waals surface area contributed by atoms with Gasteiger partial charge in [0.05, 0.1) is 5.69 Å². The average Bonchev–Trinajstić information content (AvgIpc) is 3.24. The Kier molecular flexibility index (Phi) is 4.15. The fraction of sp³-hybridized carbons (Fsp3) is 0.105. The van der Waals surface area contributed by atoms with Crippen molar-refractivity contribution in [1.82, 2.24) is 14.8 Å². The summed E-state index contributed by atoms with van der Waals surface area (Å²) in [6, 6.07) is 10.4. The molecule has 136 valence electrons. The number of amides is 1. The van der Waals surface area contributed by atoms with Gasteiger partial charge in [-0.3, -0.25) is 4.79 Å². The van der Waals surface area contributed by atoms with Gasteiger partial charge in [0, 0.05) is 30.3 Å². The lowest BCUT2D eigenvalue weighted by atomic mass is 10.1. The Morgan fingerprint density at radius 1 is 1.15 bits per heavy atom. The lowest BCUT2D eigenvalue weighted by Crippen LogP contribution is -2.19. The number of halogens is 2. The van der Waals surface area contributed by atoms with Crippen molar-refractivity contribution >= 4 is 22.5 Å². The number of aromatic nitrogens is 3. The minimum atomic E-state index is -0.824. The molecule has 0 unspecified atom stereocenters. The lowest BCUT2D eigenvalue weighted by Gasteiger charge is -2.09. The molecule has 2 aromatic heterocycles. The average molecular weight is 368 g/mol. The van der Waals surface area contributed by atoms with Crippen LogP contribution in [0.1, 0.15) is 5.89 Å². The van der Waals surface area contributed by atoms with Crippen molar-refractivity contribution in [3.05, 3.63) is 66.2 Å². The van der Waals surface area contributed by atoms with Crippen LogP contribution in [-0.2, 0) is 11.3 Å². The van der Waals surface area contributed by atoms with Gasteiger partial charge in [0.25, 0.3) is 0 Å². The van der Waals surface area contributed by atoms with E-state index in [1.54, 1.807) is 17.7 Å². The molecule has 0 atom stereocenters. The van der Waals surface area contributed by atoms with E-state index in [2.05, 4.69) is 15.5 Å². The van der Waals surface area contributed by atoms with Crippen LogP contribution in [0, 0.1) is 18.6 Å². The number of rotatable bonds is 4. The maximum atomic E-state index is 13.7. The molecule has 0 saturated heterocycles. The molecule has 2 heterocycles. The van der Waals surface area contributed by atoms with Crippen LogP contribution in [0.25, 0.3) is 22.4 Å². The van der Waals surface area contributed by atoms with Gasteiger partial charge in [0.2, 0.25) is 17.7 Å². The normalized spacial score (nSPS) is 11.1. The number of hydrogen-bond donors (Lipinski definition) is 1. The van der Waals surface area contributed by atoms with Crippen molar-refractivity contribution in [3.63, 3.8) is 0 Å². The molecule has 1 amide bonds. The Bertz CT molecular complexity index is 1150. The Hall–Kier alpha value is -3.55. The van der Waals surface area contributed by atoms with Gasteiger partial charge in [-0.1, -0.05) is 6.07 Å². The predicted octanol–water partition coefficient (Wildman–Crippen LogP) is 3.92. The predicted molar refractivity (Wildman–Crippen MR) is 95.0 cm³/mol. The van der Waals surface area contributed by atoms with E-state index in [4.69, 9.17) is 4.42 Å². The van der Waals surface area contributed by atoms with Gasteiger partial charge in [-0.05, 0) is 35.7 Å². The molecule has 2 aromatic carbocycles. The van der Waals surface area contributed by atoms with E-state index in [1.165, 1.54) is 6.07 Å². The summed E-state index contributed by atoms with van der Waals surface area (Å²) in [4.78, 5) is 12.3. The van der Waals surface area contributed by atoms with E-state index in [9.17, 15) is 13.6 Å². The molecule has 0 fully saturated rings. The second kappa shape index (κ2) is 6.64. The van der Waals surface area contributed by atoms with Crippen LogP contribution >= 0.6 is 0 Å². The van der Waals surface area contributed by atoms with Crippen LogP contribution in [0.4, 0.5) is 14.5 Å². The topological polar surface area (TPSA) is 73.0 Å². The summed E-state index contributed by atoms with van der Waals surface area (Å²) >= 11 is 0. The van der Waals surface area contributed by atoms with Crippen molar-refractivity contribution in [2.45, 2.75) is 13.5 Å². The summed E-state index contributed by atoms with van der Waals surface area (Å²) in [7, 11) is 0. The van der Waals surface area contributed by atoms with Crippen LogP contribution in [0.3, 0.4) is 0 Å². The second-order valence-electron chi connectivity index (χ2n) is 6.02. The molecule has 0 aliphatic rings. The molecule has 6 nitrogen and oxygen atoms in total. The lowest BCUT2D eigenvalue weighted by molar-refractivity contribution is -0.116. The number of carbonyl (C=O) groups excluding carboxylic acids is 1. The Labute approximate surface area is 152 Å². The zero-order chi connectivity index (χ0) is 19.0. The number of anilines is 1. The fourth-order valence-corrected chi connectivity index (χ4v) is 2.80. The summed E-state index contributed by atoms with van der Waals surface area (Å²) < 4.78 is 33.8. The van der Waals surface area contributed by atoms with Crippen molar-refractivity contribution in [2.24, 2.45) is 0 Å². The standard InChI is InChI=1S/C19H14F2N4O2/c1-11-23-24-19(27-11)13-3-2-12-6-7-25(17(12)8-13)10-18(26)22-16-5-4-14(20)9-15(16)21/h2-9H,10H2,1H3,(H,22,26). The summed E-state index contributed by atoms with van der Waals surface area (Å²) in [5.41, 5.74) is 1.45. The largest absolute Gasteiger partial charge is 0.421 e. The third-order valence-corrected chi connectivity index (χ3v) is 4.07. The number of nitrogens with zero attached hydrogens (tertiary/aromatic N) is 3. The van der Waals surface area contributed by atoms with Gasteiger partial charge in [-0.2, -0.15) is 0 Å². The molecule has 4 aromatic rings. The number of hydrogen-bond acceptors (Lipinski definition) is 4. The Balaban J connectivity index is 1.58. The monoisotopic (exact) mass is 368 g/mol. The maximum absolute atomic E-state index is 13.7. The summed E-state index contributed by atoms with van der Waals surface area (Å²) in [5, 5.41) is 11.2. The van der Waals surface area contributed by atoms with E-state index in [0.29, 0.717) is 11.8 Å². The first-order valence-electron chi connectivity index (χ1n) is 8.14. The van der Waals surface area contributed by atoms with Crippen LogP contribution in [0.2, 0.25) is 0 Å². The van der Waals surface area contributed by atoms with E-state index in [0.717, 1.165) is 28.6 Å². The fourth-order valence-electron chi connectivity index (χ4n) is 2.80. The first-order chi connectivity index (χ1) is 13.0. The van der Waals surface area contributed by atoms with E-state index >= 15 is 0 Å². The highest BCUT2D eigenvalue weighted by molar-refractivity contribution is 5.92. The quantitative estimate of drug-likeness (QED) is 0.593. The first kappa shape index (κ1) is 16.9. The smallest absolute Gasteiger partial charge is 0.247 e. The molecule has 27 heavy (non-hydrogen) atoms. The van der Waals surface area contributed by atoms with Gasteiger partial charge >= 0.3 is 0 Å². The highest BCUT2D eigenvalue weighted by atomic mass is 19.1. The van der Waals surface area contributed by atoms with Gasteiger partial charge in [0.1, 0.15) is 18.2 Å². The minimum absolute atomic E-state index is 0.0351. The summed E-state index contributed by atoms with van der Waals surface area (Å²) in [5.74, 6) is -1.11. The first-order valence-corrected chi connectivity index (χ1v) is 8.14. The van der Waals surface area contributed by atoms with Gasteiger partial charge in [-0.25, -0.2) is 8.78 Å². The molecule has 0 spiro atoms. The van der Waals surface area contributed by atoms with Crippen molar-refractivity contribution in [2.75, 3.05) is 5.32 Å². The molecule has 0 bridgehead atoms. The second-order valence-corrected chi connectivity index (χ2v) is 6.02. The molecule has 0 aliphatic heterocycles. The summed E-state index contributed by atoms with van der Waals surface area (Å²) in [6.07, 6.45) is 1.76. The number of aryl methyl sites for hydroxylation is 1. The van der Waals surface area contributed by atoms with Crippen LogP contribution in [0.15, 0.2) is 53.1 Å². The molecule has 1 N–H and O–H groups in total. The van der Waals surface area contributed by atoms with E-state index < -0.39 is 17.5 Å². The summed E-state index contributed by atoms with van der Waals surface area (Å²) in [6.45, 7) is 1.67. The van der Waals surface area contributed by atoms with Crippen LogP contribution in [0.5, 0.6) is 0 Å². The van der Waals surface area contributed by atoms with Crippen molar-refractivity contribution in [3.8, 4) is 11.5 Å². The van der Waals surface area contributed by atoms with E-state index in [1.807, 2.05) is 24.3 Å². The Morgan fingerprint density at radius 3 is 2.74 bits per heavy atom. The SMILES string of the molecule is Cc1nnc(-c2ccc3ccn(CC(=O)Nc4ccc(F)cc4F)c3c2)o1. The molecular formula is C19H14F2N4O2. The third-order valence-electron chi connectivity index (χ3n) is 4.07. The molecule has 0 aliphatic carbocycles. The van der Waals surface area contributed by atoms with Gasteiger partial charge < -0.3 is 14.3 Å². The van der Waals surface area contributed by atoms with Crippen LogP contribution in [-0.4, -0.2) is 20.7 Å². The van der Waals surface area contributed by atoms with Crippen molar-refractivity contribution < 1.29 is 18.0 Å². The third kappa shape index (κ3) is 3.41. The Morgan fingerprint density at radius 2 is 2.00 bits per heavy atom. The van der Waals surface area contributed by atoms with Gasteiger partial charge in [0.15, 0.2) is 0 Å². The number of benzene rings is 2. The number of fused-ring (bicyclic) bond motifs is 1. The maximum Gasteiger partial charge on any atom is 0.247 e. The zero-order valence-electron chi connectivity index (χ0n) is 14.2. The molecule has 0 radical (unpaired) electrons. The van der Waals surface area contributed by atoms with E-state index in [-0.39, 0.29) is 12.2 Å². The molecular weight excluding hydrogens is 354 g/mol. The zero-order valence-corrected chi connectivity index (χ0v) is 14.2. The molecule has 0 saturated carbocycles. The number of nitrogens with one attached hydrogen (secondary N) is 1. The number of carbonyl (C=O) groups is 1. The highest BCUT2D eigenvalue weighted by Gasteiger charge is 2.12. The molecule has 8 heteroatoms. The highest BCUT2D eigenvalue weighted by Crippen LogP contribution is 2.24.